The molecule has 0 aliphatic rings. The van der Waals surface area contributed by atoms with Crippen LogP contribution in [0.15, 0.2) is 28.7 Å². The van der Waals surface area contributed by atoms with Crippen molar-refractivity contribution in [1.82, 2.24) is 4.98 Å². The molecule has 0 radical (unpaired) electrons. The number of oxazole rings is 1. The molecule has 2 aromatic carbocycles. The molecule has 0 unspecified atom stereocenters. The Kier molecular flexibility index (Phi) is 2.63. The van der Waals surface area contributed by atoms with E-state index in [2.05, 4.69) is 4.98 Å². The molecule has 0 amide bonds. The zero-order chi connectivity index (χ0) is 14.4. The number of aromatic nitrogens is 1. The predicted molar refractivity (Wildman–Crippen MR) is 63.7 cm³/mol. The van der Waals surface area contributed by atoms with Crippen LogP contribution in [0.4, 0.5) is 23.2 Å². The summed E-state index contributed by atoms with van der Waals surface area (Å²) in [5, 5.41) is 0. The van der Waals surface area contributed by atoms with Crippen molar-refractivity contribution < 1.29 is 22.0 Å². The van der Waals surface area contributed by atoms with Gasteiger partial charge in [0, 0.05) is 0 Å². The summed E-state index contributed by atoms with van der Waals surface area (Å²) in [5.41, 5.74) is 4.29. The first-order valence-electron chi connectivity index (χ1n) is 5.48. The normalized spacial score (nSPS) is 11.2. The number of rotatable bonds is 1. The van der Waals surface area contributed by atoms with Crippen molar-refractivity contribution in [3.63, 3.8) is 0 Å². The van der Waals surface area contributed by atoms with Crippen molar-refractivity contribution in [3.05, 3.63) is 47.5 Å². The van der Waals surface area contributed by atoms with Gasteiger partial charge in [0.2, 0.25) is 5.89 Å². The lowest BCUT2D eigenvalue weighted by Crippen LogP contribution is -2.05. The van der Waals surface area contributed by atoms with Crippen LogP contribution in [0.3, 0.4) is 0 Å². The summed E-state index contributed by atoms with van der Waals surface area (Å²) < 4.78 is 58.6. The molecule has 0 aliphatic heterocycles. The Balaban J connectivity index is 2.34. The van der Waals surface area contributed by atoms with Gasteiger partial charge in [0.05, 0.1) is 5.69 Å². The van der Waals surface area contributed by atoms with Gasteiger partial charge in [-0.15, -0.1) is 0 Å². The maximum absolute atomic E-state index is 13.8. The van der Waals surface area contributed by atoms with Crippen LogP contribution in [0.2, 0.25) is 0 Å². The van der Waals surface area contributed by atoms with Gasteiger partial charge in [0.15, 0.2) is 28.9 Å². The fraction of sp³-hybridized carbons (Fsp3) is 0. The van der Waals surface area contributed by atoms with Crippen molar-refractivity contribution in [2.75, 3.05) is 5.73 Å². The van der Waals surface area contributed by atoms with E-state index in [0.717, 1.165) is 0 Å². The number of nitrogens with zero attached hydrogens (tertiary/aromatic N) is 1. The van der Waals surface area contributed by atoms with Crippen LogP contribution in [-0.2, 0) is 0 Å². The first-order valence-corrected chi connectivity index (χ1v) is 5.48. The molecule has 7 heteroatoms. The lowest BCUT2D eigenvalue weighted by Gasteiger charge is -2.06. The molecule has 1 heterocycles. The molecule has 1 aromatic heterocycles. The van der Waals surface area contributed by atoms with Crippen LogP contribution in [0, 0.1) is 23.3 Å². The van der Waals surface area contributed by atoms with Crippen molar-refractivity contribution in [2.24, 2.45) is 0 Å². The Morgan fingerprint density at radius 2 is 1.55 bits per heavy atom. The van der Waals surface area contributed by atoms with Gasteiger partial charge in [-0.3, -0.25) is 0 Å². The quantitative estimate of drug-likeness (QED) is 0.321. The van der Waals surface area contributed by atoms with Gasteiger partial charge in [0.25, 0.3) is 0 Å². The van der Waals surface area contributed by atoms with Gasteiger partial charge < -0.3 is 10.2 Å². The van der Waals surface area contributed by atoms with Crippen molar-refractivity contribution in [3.8, 4) is 11.5 Å². The number of anilines is 1. The van der Waals surface area contributed by atoms with E-state index in [1.165, 1.54) is 6.07 Å². The zero-order valence-electron chi connectivity index (χ0n) is 9.75. The predicted octanol–water partition coefficient (Wildman–Crippen LogP) is 3.63. The minimum atomic E-state index is -1.97. The fourth-order valence-corrected chi connectivity index (χ4v) is 1.84. The summed E-state index contributed by atoms with van der Waals surface area (Å²) in [4.78, 5) is 3.87. The number of halogens is 4. The number of hydrogen-bond donors (Lipinski definition) is 1. The maximum atomic E-state index is 13.8. The standard InChI is InChI=1S/C13H6F4N2O/c14-8-7(12(18)11(17)10(16)9(8)15)13-19-5-3-1-2-4-6(5)20-13/h1-4H,18H2. The molecular weight excluding hydrogens is 276 g/mol. The zero-order valence-corrected chi connectivity index (χ0v) is 9.75. The Bertz CT molecular complexity index is 767. The topological polar surface area (TPSA) is 52.0 Å². The summed E-state index contributed by atoms with van der Waals surface area (Å²) in [7, 11) is 0. The van der Waals surface area contributed by atoms with Crippen molar-refractivity contribution >= 4 is 16.8 Å². The second-order valence-electron chi connectivity index (χ2n) is 4.03. The second-order valence-corrected chi connectivity index (χ2v) is 4.03. The van der Waals surface area contributed by atoms with Crippen LogP contribution in [0.1, 0.15) is 0 Å². The third kappa shape index (κ3) is 1.63. The molecule has 3 nitrogen and oxygen atoms in total. The second kappa shape index (κ2) is 4.22. The Morgan fingerprint density at radius 1 is 0.900 bits per heavy atom. The summed E-state index contributed by atoms with van der Waals surface area (Å²) in [6.45, 7) is 0. The number of nitrogen functional groups attached to an aromatic ring is 1. The van der Waals surface area contributed by atoms with Crippen LogP contribution in [-0.4, -0.2) is 4.98 Å². The third-order valence-corrected chi connectivity index (χ3v) is 2.81. The van der Waals surface area contributed by atoms with Crippen LogP contribution in [0.5, 0.6) is 0 Å². The number of fused-ring (bicyclic) bond motifs is 1. The van der Waals surface area contributed by atoms with Gasteiger partial charge in [-0.25, -0.2) is 22.5 Å². The van der Waals surface area contributed by atoms with Gasteiger partial charge >= 0.3 is 0 Å². The minimum absolute atomic E-state index is 0.284. The number of hydrogen-bond acceptors (Lipinski definition) is 3. The lowest BCUT2D eigenvalue weighted by atomic mass is 10.1. The van der Waals surface area contributed by atoms with E-state index in [1.54, 1.807) is 18.2 Å². The van der Waals surface area contributed by atoms with E-state index in [9.17, 15) is 17.6 Å². The monoisotopic (exact) mass is 282 g/mol. The van der Waals surface area contributed by atoms with E-state index >= 15 is 0 Å². The molecule has 0 fully saturated rings. The summed E-state index contributed by atoms with van der Waals surface area (Å²) >= 11 is 0. The highest BCUT2D eigenvalue weighted by atomic mass is 19.2. The Hall–Kier alpha value is -2.57. The number of benzene rings is 2. The average Bonchev–Trinajstić information content (AvgIpc) is 2.86. The van der Waals surface area contributed by atoms with Crippen molar-refractivity contribution in [2.45, 2.75) is 0 Å². The Labute approximate surface area is 109 Å². The SMILES string of the molecule is Nc1c(F)c(F)c(F)c(F)c1-c1nc2ccccc2o1. The third-order valence-electron chi connectivity index (χ3n) is 2.81. The van der Waals surface area contributed by atoms with Crippen LogP contribution >= 0.6 is 0 Å². The molecule has 0 saturated heterocycles. The maximum Gasteiger partial charge on any atom is 0.232 e. The molecule has 3 aromatic rings. The first kappa shape index (κ1) is 12.5. The van der Waals surface area contributed by atoms with Gasteiger partial charge in [-0.05, 0) is 12.1 Å². The highest BCUT2D eigenvalue weighted by molar-refractivity contribution is 5.80. The van der Waals surface area contributed by atoms with E-state index < -0.39 is 40.4 Å². The highest BCUT2D eigenvalue weighted by Crippen LogP contribution is 2.35. The lowest BCUT2D eigenvalue weighted by molar-refractivity contribution is 0.411. The molecule has 0 bridgehead atoms. The highest BCUT2D eigenvalue weighted by Gasteiger charge is 2.27. The molecule has 102 valence electrons. The molecular formula is C13H6F4N2O. The fourth-order valence-electron chi connectivity index (χ4n) is 1.84. The summed E-state index contributed by atoms with van der Waals surface area (Å²) in [5.74, 6) is -7.68. The number of nitrogens with two attached hydrogens (primary N) is 1. The minimum Gasteiger partial charge on any atom is -0.436 e. The molecule has 0 atom stereocenters. The molecule has 0 aliphatic carbocycles. The first-order chi connectivity index (χ1) is 9.50. The van der Waals surface area contributed by atoms with E-state index in [0.29, 0.717) is 5.52 Å². The number of para-hydroxylation sites is 2. The van der Waals surface area contributed by atoms with Crippen LogP contribution < -0.4 is 5.73 Å². The largest absolute Gasteiger partial charge is 0.436 e. The van der Waals surface area contributed by atoms with Crippen molar-refractivity contribution in [1.29, 1.82) is 0 Å². The molecule has 0 saturated carbocycles. The van der Waals surface area contributed by atoms with E-state index in [4.69, 9.17) is 10.2 Å². The van der Waals surface area contributed by atoms with E-state index in [1.807, 2.05) is 0 Å². The van der Waals surface area contributed by atoms with Gasteiger partial charge in [-0.1, -0.05) is 12.1 Å². The molecule has 0 spiro atoms. The smallest absolute Gasteiger partial charge is 0.232 e. The van der Waals surface area contributed by atoms with Gasteiger partial charge in [-0.2, -0.15) is 0 Å². The Morgan fingerprint density at radius 3 is 2.25 bits per heavy atom. The van der Waals surface area contributed by atoms with Crippen LogP contribution in [0.25, 0.3) is 22.6 Å². The molecule has 3 rings (SSSR count). The van der Waals surface area contributed by atoms with Gasteiger partial charge in [0.1, 0.15) is 11.1 Å². The summed E-state index contributed by atoms with van der Waals surface area (Å²) in [6, 6.07) is 6.39. The molecule has 2 N–H and O–H groups in total. The molecule has 20 heavy (non-hydrogen) atoms. The van der Waals surface area contributed by atoms with E-state index in [-0.39, 0.29) is 5.58 Å². The summed E-state index contributed by atoms with van der Waals surface area (Å²) in [6.07, 6.45) is 0. The average molecular weight is 282 g/mol.